The first-order valence-electron chi connectivity index (χ1n) is 5.57. The van der Waals surface area contributed by atoms with Crippen molar-refractivity contribution in [3.05, 3.63) is 57.6 Å². The molecule has 0 saturated heterocycles. The Hall–Kier alpha value is -0.730. The van der Waals surface area contributed by atoms with E-state index in [1.807, 2.05) is 11.8 Å². The van der Waals surface area contributed by atoms with Gasteiger partial charge in [-0.1, -0.05) is 35.5 Å². The fourth-order valence-corrected chi connectivity index (χ4v) is 3.34. The average molecular weight is 307 g/mol. The highest BCUT2D eigenvalue weighted by molar-refractivity contribution is 9.10. The lowest BCUT2D eigenvalue weighted by Gasteiger charge is -2.08. The van der Waals surface area contributed by atoms with Gasteiger partial charge in [0.2, 0.25) is 0 Å². The second kappa shape index (κ2) is 5.28. The molecule has 0 aliphatic rings. The Balaban J connectivity index is 2.31. The summed E-state index contributed by atoms with van der Waals surface area (Å²) in [6.07, 6.45) is 0. The van der Waals surface area contributed by atoms with E-state index in [2.05, 4.69) is 73.1 Å². The molecule has 0 spiro atoms. The van der Waals surface area contributed by atoms with Gasteiger partial charge in [0, 0.05) is 14.3 Å². The molecule has 0 aromatic heterocycles. The van der Waals surface area contributed by atoms with Crippen molar-refractivity contribution in [1.82, 2.24) is 0 Å². The Labute approximate surface area is 116 Å². The van der Waals surface area contributed by atoms with E-state index in [0.717, 1.165) is 0 Å². The summed E-state index contributed by atoms with van der Waals surface area (Å²) < 4.78 is 1.17. The van der Waals surface area contributed by atoms with Crippen LogP contribution in [0.2, 0.25) is 0 Å². The molecule has 88 valence electrons. The van der Waals surface area contributed by atoms with E-state index in [-0.39, 0.29) is 0 Å². The van der Waals surface area contributed by atoms with Gasteiger partial charge in [0.05, 0.1) is 0 Å². The second-order valence-corrected chi connectivity index (χ2v) is 6.24. The van der Waals surface area contributed by atoms with Crippen molar-refractivity contribution in [3.63, 3.8) is 0 Å². The zero-order chi connectivity index (χ0) is 12.4. The predicted octanol–water partition coefficient (Wildman–Crippen LogP) is 5.53. The van der Waals surface area contributed by atoms with Crippen molar-refractivity contribution in [3.8, 4) is 0 Å². The molecule has 17 heavy (non-hydrogen) atoms. The van der Waals surface area contributed by atoms with Crippen molar-refractivity contribution >= 4 is 27.7 Å². The Morgan fingerprint density at radius 2 is 1.41 bits per heavy atom. The summed E-state index contributed by atoms with van der Waals surface area (Å²) in [7, 11) is 0. The van der Waals surface area contributed by atoms with Gasteiger partial charge in [0.1, 0.15) is 0 Å². The molecule has 0 amide bonds. The summed E-state index contributed by atoms with van der Waals surface area (Å²) in [5, 5.41) is 0. The molecule has 0 fully saturated rings. The largest absolute Gasteiger partial charge is 0.0886 e. The Morgan fingerprint density at radius 3 is 2.00 bits per heavy atom. The molecule has 0 heterocycles. The van der Waals surface area contributed by atoms with Crippen molar-refractivity contribution < 1.29 is 0 Å². The SMILES string of the molecule is Cc1ccc(Sc2ccc(C)cc2Br)c(C)c1. The quantitative estimate of drug-likeness (QED) is 0.703. The van der Waals surface area contributed by atoms with Crippen LogP contribution >= 0.6 is 27.7 Å². The van der Waals surface area contributed by atoms with E-state index in [1.165, 1.54) is 31.0 Å². The van der Waals surface area contributed by atoms with Crippen LogP contribution in [-0.2, 0) is 0 Å². The van der Waals surface area contributed by atoms with E-state index >= 15 is 0 Å². The lowest BCUT2D eigenvalue weighted by Crippen LogP contribution is -1.83. The standard InChI is InChI=1S/C15H15BrS/c1-10-4-6-14(12(3)8-10)17-15-7-5-11(2)9-13(15)16/h4-9H,1-3H3. The molecule has 0 aliphatic carbocycles. The van der Waals surface area contributed by atoms with Gasteiger partial charge in [-0.3, -0.25) is 0 Å². The van der Waals surface area contributed by atoms with Crippen LogP contribution in [0.5, 0.6) is 0 Å². The fourth-order valence-electron chi connectivity index (χ4n) is 1.72. The molecule has 0 unspecified atom stereocenters. The first-order valence-corrected chi connectivity index (χ1v) is 7.18. The summed E-state index contributed by atoms with van der Waals surface area (Å²) in [5.74, 6) is 0. The number of hydrogen-bond donors (Lipinski definition) is 0. The summed E-state index contributed by atoms with van der Waals surface area (Å²) in [6.45, 7) is 6.40. The topological polar surface area (TPSA) is 0 Å². The molecular formula is C15H15BrS. The zero-order valence-electron chi connectivity index (χ0n) is 10.3. The summed E-state index contributed by atoms with van der Waals surface area (Å²) in [6, 6.07) is 13.1. The maximum Gasteiger partial charge on any atom is 0.0317 e. The third-order valence-corrected chi connectivity index (χ3v) is 4.81. The molecule has 0 aliphatic heterocycles. The van der Waals surface area contributed by atoms with Gasteiger partial charge < -0.3 is 0 Å². The molecule has 0 radical (unpaired) electrons. The molecule has 0 saturated carbocycles. The number of rotatable bonds is 2. The van der Waals surface area contributed by atoms with Crippen LogP contribution in [-0.4, -0.2) is 0 Å². The predicted molar refractivity (Wildman–Crippen MR) is 78.9 cm³/mol. The van der Waals surface area contributed by atoms with E-state index in [4.69, 9.17) is 0 Å². The van der Waals surface area contributed by atoms with Gasteiger partial charge in [-0.05, 0) is 66.0 Å². The molecule has 0 nitrogen and oxygen atoms in total. The molecule has 2 rings (SSSR count). The normalized spacial score (nSPS) is 10.6. The molecule has 2 aromatic rings. The summed E-state index contributed by atoms with van der Waals surface area (Å²) in [4.78, 5) is 2.59. The molecule has 0 atom stereocenters. The molecule has 0 bridgehead atoms. The third kappa shape index (κ3) is 3.14. The minimum atomic E-state index is 1.17. The highest BCUT2D eigenvalue weighted by atomic mass is 79.9. The molecule has 2 aromatic carbocycles. The third-order valence-electron chi connectivity index (χ3n) is 2.64. The minimum absolute atomic E-state index is 1.17. The van der Waals surface area contributed by atoms with Gasteiger partial charge in [0.25, 0.3) is 0 Å². The maximum absolute atomic E-state index is 3.62. The van der Waals surface area contributed by atoms with Gasteiger partial charge in [-0.2, -0.15) is 0 Å². The second-order valence-electron chi connectivity index (χ2n) is 4.30. The fraction of sp³-hybridized carbons (Fsp3) is 0.200. The number of hydrogen-bond acceptors (Lipinski definition) is 1. The van der Waals surface area contributed by atoms with Crippen molar-refractivity contribution in [2.24, 2.45) is 0 Å². The van der Waals surface area contributed by atoms with Crippen LogP contribution in [0.15, 0.2) is 50.7 Å². The summed E-state index contributed by atoms with van der Waals surface area (Å²) in [5.41, 5.74) is 3.93. The van der Waals surface area contributed by atoms with Gasteiger partial charge in [0.15, 0.2) is 0 Å². The summed E-state index contributed by atoms with van der Waals surface area (Å²) >= 11 is 5.43. The van der Waals surface area contributed by atoms with Gasteiger partial charge in [-0.15, -0.1) is 0 Å². The van der Waals surface area contributed by atoms with E-state index in [0.29, 0.717) is 0 Å². The number of benzene rings is 2. The highest BCUT2D eigenvalue weighted by Crippen LogP contribution is 2.35. The molecule has 0 N–H and O–H groups in total. The Kier molecular flexibility index (Phi) is 3.95. The van der Waals surface area contributed by atoms with Crippen molar-refractivity contribution in [2.75, 3.05) is 0 Å². The van der Waals surface area contributed by atoms with E-state index in [1.54, 1.807) is 0 Å². The highest BCUT2D eigenvalue weighted by Gasteiger charge is 2.05. The van der Waals surface area contributed by atoms with E-state index in [9.17, 15) is 0 Å². The average Bonchev–Trinajstić information content (AvgIpc) is 2.25. The minimum Gasteiger partial charge on any atom is -0.0886 e. The van der Waals surface area contributed by atoms with Crippen LogP contribution in [0.4, 0.5) is 0 Å². The molecule has 2 heteroatoms. The van der Waals surface area contributed by atoms with Crippen LogP contribution in [0.25, 0.3) is 0 Å². The van der Waals surface area contributed by atoms with Gasteiger partial charge >= 0.3 is 0 Å². The number of aryl methyl sites for hydroxylation is 3. The lowest BCUT2D eigenvalue weighted by molar-refractivity contribution is 1.25. The molecular weight excluding hydrogens is 292 g/mol. The van der Waals surface area contributed by atoms with Gasteiger partial charge in [-0.25, -0.2) is 0 Å². The van der Waals surface area contributed by atoms with Crippen LogP contribution in [0, 0.1) is 20.8 Å². The van der Waals surface area contributed by atoms with E-state index < -0.39 is 0 Å². The first kappa shape index (κ1) is 12.7. The maximum atomic E-state index is 3.62. The first-order chi connectivity index (χ1) is 8.06. The van der Waals surface area contributed by atoms with Crippen LogP contribution in [0.1, 0.15) is 16.7 Å². The lowest BCUT2D eigenvalue weighted by atomic mass is 10.2. The Morgan fingerprint density at radius 1 is 0.824 bits per heavy atom. The Bertz CT molecular complexity index is 497. The monoisotopic (exact) mass is 306 g/mol. The van der Waals surface area contributed by atoms with Crippen molar-refractivity contribution in [1.29, 1.82) is 0 Å². The van der Waals surface area contributed by atoms with Crippen LogP contribution < -0.4 is 0 Å². The van der Waals surface area contributed by atoms with Crippen LogP contribution in [0.3, 0.4) is 0 Å². The van der Waals surface area contributed by atoms with Crippen molar-refractivity contribution in [2.45, 2.75) is 30.6 Å². The smallest absolute Gasteiger partial charge is 0.0317 e. The zero-order valence-corrected chi connectivity index (χ0v) is 12.7. The number of halogens is 1.